The number of likely N-dealkylation sites (N-methyl/N-ethyl adjacent to an activating group) is 1. The monoisotopic (exact) mass is 191 g/mol. The Labute approximate surface area is 83.3 Å². The van der Waals surface area contributed by atoms with Crippen LogP contribution in [-0.4, -0.2) is 30.2 Å². The lowest BCUT2D eigenvalue weighted by Gasteiger charge is -2.27. The molecule has 1 N–H and O–H groups in total. The third-order valence-corrected chi connectivity index (χ3v) is 1.88. The first-order valence-corrected chi connectivity index (χ1v) is 4.23. The summed E-state index contributed by atoms with van der Waals surface area (Å²) in [5, 5.41) is 2.91. The number of nitrogens with one attached hydrogen (secondary N) is 1. The van der Waals surface area contributed by atoms with Crippen LogP contribution in [0.3, 0.4) is 0 Å². The number of nitrogens with zero attached hydrogens (tertiary/aromatic N) is 2. The van der Waals surface area contributed by atoms with Gasteiger partial charge in [-0.05, 0) is 6.08 Å². The van der Waals surface area contributed by atoms with E-state index < -0.39 is 0 Å². The van der Waals surface area contributed by atoms with Crippen LogP contribution in [0.2, 0.25) is 0 Å². The van der Waals surface area contributed by atoms with Crippen LogP contribution < -0.4 is 5.32 Å². The molecule has 74 valence electrons. The van der Waals surface area contributed by atoms with Gasteiger partial charge in [-0.3, -0.25) is 4.79 Å². The molecule has 4 nitrogen and oxygen atoms in total. The Balaban J connectivity index is 3.05. The Hall–Kier alpha value is -1.84. The van der Waals surface area contributed by atoms with Crippen molar-refractivity contribution in [3.05, 3.63) is 37.2 Å². The lowest BCUT2D eigenvalue weighted by atomic mass is 10.2. The van der Waals surface area contributed by atoms with Gasteiger partial charge in [0.2, 0.25) is 5.91 Å². The largest absolute Gasteiger partial charge is 0.359 e. The lowest BCUT2D eigenvalue weighted by Crippen LogP contribution is -2.47. The molecular weight excluding hydrogens is 178 g/mol. The molecular formula is C10H13N3O. The Morgan fingerprint density at radius 3 is 2.86 bits per heavy atom. The van der Waals surface area contributed by atoms with Crippen LogP contribution in [0.5, 0.6) is 0 Å². The molecule has 4 heteroatoms. The van der Waals surface area contributed by atoms with E-state index in [0.29, 0.717) is 11.5 Å². The predicted molar refractivity (Wildman–Crippen MR) is 56.7 cm³/mol. The first-order valence-electron chi connectivity index (χ1n) is 4.23. The maximum atomic E-state index is 11.3. The van der Waals surface area contributed by atoms with E-state index in [-0.39, 0.29) is 12.5 Å². The minimum absolute atomic E-state index is 0.00103. The number of allylic oxidation sites excluding steroid dienone is 2. The average molecular weight is 191 g/mol. The van der Waals surface area contributed by atoms with Crippen molar-refractivity contribution in [1.82, 2.24) is 10.2 Å². The van der Waals surface area contributed by atoms with Gasteiger partial charge in [0.1, 0.15) is 5.84 Å². The molecule has 0 aromatic rings. The quantitative estimate of drug-likeness (QED) is 0.697. The SMILES string of the molecule is C=C/C=C1\C(=N/C=C)NCC(=O)N1C. The van der Waals surface area contributed by atoms with Crippen LogP contribution in [0.4, 0.5) is 0 Å². The van der Waals surface area contributed by atoms with Crippen molar-refractivity contribution >= 4 is 11.7 Å². The molecule has 0 spiro atoms. The third kappa shape index (κ3) is 1.90. The number of rotatable bonds is 2. The van der Waals surface area contributed by atoms with Gasteiger partial charge >= 0.3 is 0 Å². The summed E-state index contributed by atoms with van der Waals surface area (Å²) in [5.41, 5.74) is 0.705. The van der Waals surface area contributed by atoms with Gasteiger partial charge in [-0.15, -0.1) is 0 Å². The number of carbonyl (C=O) groups is 1. The van der Waals surface area contributed by atoms with Crippen molar-refractivity contribution in [1.29, 1.82) is 0 Å². The summed E-state index contributed by atoms with van der Waals surface area (Å²) < 4.78 is 0. The van der Waals surface area contributed by atoms with Gasteiger partial charge in [-0.1, -0.05) is 19.2 Å². The summed E-state index contributed by atoms with van der Waals surface area (Å²) in [6.45, 7) is 7.36. The van der Waals surface area contributed by atoms with E-state index in [2.05, 4.69) is 23.5 Å². The maximum absolute atomic E-state index is 11.3. The Morgan fingerprint density at radius 1 is 1.57 bits per heavy atom. The van der Waals surface area contributed by atoms with Crippen LogP contribution in [0.1, 0.15) is 0 Å². The molecule has 0 aromatic carbocycles. The molecule has 1 aliphatic rings. The van der Waals surface area contributed by atoms with Crippen LogP contribution >= 0.6 is 0 Å². The minimum atomic E-state index is 0.00103. The molecule has 0 saturated carbocycles. The average Bonchev–Trinajstić information content (AvgIpc) is 2.18. The molecule has 0 aliphatic carbocycles. The molecule has 14 heavy (non-hydrogen) atoms. The highest BCUT2D eigenvalue weighted by Gasteiger charge is 2.23. The second kappa shape index (κ2) is 4.41. The maximum Gasteiger partial charge on any atom is 0.246 e. The molecule has 1 heterocycles. The Bertz CT molecular complexity index is 328. The number of aliphatic imine (C=N–C) groups is 1. The van der Waals surface area contributed by atoms with E-state index in [0.717, 1.165) is 0 Å². The Kier molecular flexibility index (Phi) is 3.23. The van der Waals surface area contributed by atoms with Crippen molar-refractivity contribution in [2.45, 2.75) is 0 Å². The number of amides is 1. The first-order chi connectivity index (χ1) is 6.70. The number of piperazine rings is 1. The van der Waals surface area contributed by atoms with Gasteiger partial charge in [0.15, 0.2) is 0 Å². The van der Waals surface area contributed by atoms with Crippen LogP contribution in [0, 0.1) is 0 Å². The first kappa shape index (κ1) is 10.2. The summed E-state index contributed by atoms with van der Waals surface area (Å²) in [6, 6.07) is 0. The molecule has 1 aliphatic heterocycles. The zero-order valence-corrected chi connectivity index (χ0v) is 8.16. The fourth-order valence-corrected chi connectivity index (χ4v) is 1.17. The van der Waals surface area contributed by atoms with Crippen LogP contribution in [0.25, 0.3) is 0 Å². The summed E-state index contributed by atoms with van der Waals surface area (Å²) in [5.74, 6) is 0.642. The molecule has 1 fully saturated rings. The fourth-order valence-electron chi connectivity index (χ4n) is 1.17. The van der Waals surface area contributed by atoms with E-state index in [4.69, 9.17) is 0 Å². The number of carbonyl (C=O) groups excluding carboxylic acids is 1. The van der Waals surface area contributed by atoms with E-state index >= 15 is 0 Å². The highest BCUT2D eigenvalue weighted by atomic mass is 16.2. The molecule has 1 amide bonds. The van der Waals surface area contributed by atoms with E-state index in [1.54, 1.807) is 24.1 Å². The smallest absolute Gasteiger partial charge is 0.246 e. The highest BCUT2D eigenvalue weighted by Crippen LogP contribution is 2.08. The molecule has 0 aromatic heterocycles. The van der Waals surface area contributed by atoms with Gasteiger partial charge in [-0.2, -0.15) is 0 Å². The topological polar surface area (TPSA) is 44.7 Å². The molecule has 0 bridgehead atoms. The standard InChI is InChI=1S/C10H13N3O/c1-4-6-8-10(11-5-2)12-7-9(14)13(8)3/h4-6H,1-2,7H2,3H3,(H,11,12)/b8-6+. The normalized spacial score (nSPS) is 22.4. The molecule has 1 saturated heterocycles. The van der Waals surface area contributed by atoms with Gasteiger partial charge in [0.25, 0.3) is 0 Å². The zero-order chi connectivity index (χ0) is 10.6. The van der Waals surface area contributed by atoms with Gasteiger partial charge in [0, 0.05) is 13.2 Å². The zero-order valence-electron chi connectivity index (χ0n) is 8.16. The van der Waals surface area contributed by atoms with E-state index in [9.17, 15) is 4.79 Å². The highest BCUT2D eigenvalue weighted by molar-refractivity contribution is 6.06. The Morgan fingerprint density at radius 2 is 2.29 bits per heavy atom. The van der Waals surface area contributed by atoms with Crippen LogP contribution in [0.15, 0.2) is 42.2 Å². The van der Waals surface area contributed by atoms with Gasteiger partial charge < -0.3 is 10.2 Å². The van der Waals surface area contributed by atoms with Crippen molar-refractivity contribution in [2.75, 3.05) is 13.6 Å². The molecule has 1 rings (SSSR count). The second-order valence-corrected chi connectivity index (χ2v) is 2.75. The van der Waals surface area contributed by atoms with Gasteiger partial charge in [-0.25, -0.2) is 4.99 Å². The van der Waals surface area contributed by atoms with Gasteiger partial charge in [0.05, 0.1) is 12.2 Å². The summed E-state index contributed by atoms with van der Waals surface area (Å²) in [7, 11) is 1.71. The molecule has 0 radical (unpaired) electrons. The number of hydrogen-bond acceptors (Lipinski definition) is 2. The second-order valence-electron chi connectivity index (χ2n) is 2.75. The third-order valence-electron chi connectivity index (χ3n) is 1.88. The van der Waals surface area contributed by atoms with Crippen molar-refractivity contribution in [2.24, 2.45) is 4.99 Å². The summed E-state index contributed by atoms with van der Waals surface area (Å²) in [6.07, 6.45) is 4.78. The predicted octanol–water partition coefficient (Wildman–Crippen LogP) is 0.660. The molecule has 0 atom stereocenters. The van der Waals surface area contributed by atoms with E-state index in [1.165, 1.54) is 6.20 Å². The van der Waals surface area contributed by atoms with Crippen LogP contribution in [-0.2, 0) is 4.79 Å². The summed E-state index contributed by atoms with van der Waals surface area (Å²) >= 11 is 0. The molecule has 0 unspecified atom stereocenters. The number of hydrogen-bond donors (Lipinski definition) is 1. The summed E-state index contributed by atoms with van der Waals surface area (Å²) in [4.78, 5) is 16.9. The van der Waals surface area contributed by atoms with E-state index in [1.807, 2.05) is 0 Å². The minimum Gasteiger partial charge on any atom is -0.359 e. The van der Waals surface area contributed by atoms with Crippen molar-refractivity contribution in [3.63, 3.8) is 0 Å². The van der Waals surface area contributed by atoms with Crippen molar-refractivity contribution < 1.29 is 4.79 Å². The van der Waals surface area contributed by atoms with Crippen molar-refractivity contribution in [3.8, 4) is 0 Å². The fraction of sp³-hybridized carbons (Fsp3) is 0.200. The number of amidine groups is 1. The lowest BCUT2D eigenvalue weighted by molar-refractivity contribution is -0.127.